The number of carboxylic acids is 1. The largest absolute Gasteiger partial charge is 0.481 e. The van der Waals surface area contributed by atoms with Crippen LogP contribution >= 0.6 is 0 Å². The van der Waals surface area contributed by atoms with Crippen molar-refractivity contribution in [3.63, 3.8) is 0 Å². The van der Waals surface area contributed by atoms with Crippen LogP contribution in [0.2, 0.25) is 0 Å². The lowest BCUT2D eigenvalue weighted by Crippen LogP contribution is -2.43. The summed E-state index contributed by atoms with van der Waals surface area (Å²) in [6, 6.07) is 33.3. The zero-order chi connectivity index (χ0) is 27.9. The van der Waals surface area contributed by atoms with E-state index in [0.29, 0.717) is 5.56 Å². The fraction of sp³-hybridized carbons (Fsp3) is 0.182. The quantitative estimate of drug-likeness (QED) is 0.269. The molecule has 7 nitrogen and oxygen atoms in total. The second-order valence-corrected chi connectivity index (χ2v) is 9.70. The van der Waals surface area contributed by atoms with Gasteiger partial charge in [-0.15, -0.1) is 0 Å². The van der Waals surface area contributed by atoms with Gasteiger partial charge in [-0.3, -0.25) is 9.59 Å². The molecule has 0 fully saturated rings. The number of hydrogen-bond acceptors (Lipinski definition) is 4. The van der Waals surface area contributed by atoms with Gasteiger partial charge in [-0.05, 0) is 33.4 Å². The van der Waals surface area contributed by atoms with Gasteiger partial charge in [0.25, 0.3) is 0 Å². The smallest absolute Gasteiger partial charge is 0.408 e. The number of benzene rings is 4. The molecule has 2 amide bonds. The summed E-state index contributed by atoms with van der Waals surface area (Å²) in [6.07, 6.45) is -0.938. The third-order valence-electron chi connectivity index (χ3n) is 7.11. The van der Waals surface area contributed by atoms with Gasteiger partial charge in [-0.2, -0.15) is 0 Å². The summed E-state index contributed by atoms with van der Waals surface area (Å²) in [7, 11) is 0. The fourth-order valence-electron chi connectivity index (χ4n) is 5.18. The SMILES string of the molecule is O=C(O)CCN(Cc1ccccc1)C(=O)[C@H](NC(=O)OCC1c2ccccc2-c2ccccc21)c1ccccc1. The van der Waals surface area contributed by atoms with Gasteiger partial charge in [0, 0.05) is 19.0 Å². The minimum atomic E-state index is -1.05. The number of amides is 2. The third kappa shape index (κ3) is 6.04. The van der Waals surface area contributed by atoms with Crippen molar-refractivity contribution in [2.75, 3.05) is 13.2 Å². The lowest BCUT2D eigenvalue weighted by atomic mass is 9.98. The van der Waals surface area contributed by atoms with Crippen molar-refractivity contribution in [2.24, 2.45) is 0 Å². The number of carbonyl (C=O) groups excluding carboxylic acids is 2. The number of rotatable bonds is 10. The van der Waals surface area contributed by atoms with E-state index in [1.54, 1.807) is 24.3 Å². The average molecular weight is 535 g/mol. The van der Waals surface area contributed by atoms with E-state index in [1.165, 1.54) is 4.90 Å². The molecule has 0 saturated carbocycles. The van der Waals surface area contributed by atoms with E-state index in [2.05, 4.69) is 17.4 Å². The first-order valence-corrected chi connectivity index (χ1v) is 13.2. The molecule has 40 heavy (non-hydrogen) atoms. The fourth-order valence-corrected chi connectivity index (χ4v) is 5.18. The lowest BCUT2D eigenvalue weighted by molar-refractivity contribution is -0.139. The van der Waals surface area contributed by atoms with Crippen LogP contribution in [0.4, 0.5) is 4.79 Å². The summed E-state index contributed by atoms with van der Waals surface area (Å²) >= 11 is 0. The molecule has 0 unspecified atom stereocenters. The number of aliphatic carboxylic acids is 1. The molecule has 1 aliphatic rings. The van der Waals surface area contributed by atoms with Crippen molar-refractivity contribution in [1.29, 1.82) is 0 Å². The van der Waals surface area contributed by atoms with E-state index in [1.807, 2.05) is 72.8 Å². The summed E-state index contributed by atoms with van der Waals surface area (Å²) < 4.78 is 5.72. The first-order valence-electron chi connectivity index (χ1n) is 13.2. The highest BCUT2D eigenvalue weighted by atomic mass is 16.5. The van der Waals surface area contributed by atoms with Crippen LogP contribution in [0.15, 0.2) is 109 Å². The number of carbonyl (C=O) groups is 3. The maximum absolute atomic E-state index is 13.8. The van der Waals surface area contributed by atoms with Gasteiger partial charge in [0.1, 0.15) is 12.6 Å². The molecule has 202 valence electrons. The van der Waals surface area contributed by atoms with Crippen molar-refractivity contribution in [2.45, 2.75) is 24.9 Å². The van der Waals surface area contributed by atoms with Crippen molar-refractivity contribution >= 4 is 18.0 Å². The van der Waals surface area contributed by atoms with Crippen molar-refractivity contribution in [3.8, 4) is 11.1 Å². The van der Waals surface area contributed by atoms with Gasteiger partial charge < -0.3 is 20.1 Å². The Morgan fingerprint density at radius 2 is 1.32 bits per heavy atom. The molecule has 5 rings (SSSR count). The molecule has 2 N–H and O–H groups in total. The molecule has 0 aromatic heterocycles. The Hall–Kier alpha value is -4.91. The van der Waals surface area contributed by atoms with Crippen molar-refractivity contribution < 1.29 is 24.2 Å². The molecule has 0 saturated heterocycles. The predicted octanol–water partition coefficient (Wildman–Crippen LogP) is 5.77. The average Bonchev–Trinajstić information content (AvgIpc) is 3.31. The van der Waals surface area contributed by atoms with Crippen molar-refractivity contribution in [3.05, 3.63) is 131 Å². The van der Waals surface area contributed by atoms with Crippen LogP contribution in [0.5, 0.6) is 0 Å². The number of fused-ring (bicyclic) bond motifs is 3. The zero-order valence-electron chi connectivity index (χ0n) is 21.9. The summed E-state index contributed by atoms with van der Waals surface area (Å²) in [6.45, 7) is 0.323. The summed E-state index contributed by atoms with van der Waals surface area (Å²) in [5, 5.41) is 12.1. The highest BCUT2D eigenvalue weighted by Crippen LogP contribution is 2.44. The van der Waals surface area contributed by atoms with Crippen molar-refractivity contribution in [1.82, 2.24) is 10.2 Å². The summed E-state index contributed by atoms with van der Waals surface area (Å²) in [5.74, 6) is -1.54. The first-order chi connectivity index (χ1) is 19.5. The molecule has 0 heterocycles. The lowest BCUT2D eigenvalue weighted by Gasteiger charge is -2.28. The van der Waals surface area contributed by atoms with Crippen LogP contribution in [0.25, 0.3) is 11.1 Å². The van der Waals surface area contributed by atoms with Gasteiger partial charge in [0.05, 0.1) is 6.42 Å². The van der Waals surface area contributed by atoms with E-state index in [-0.39, 0.29) is 32.0 Å². The normalized spacial score (nSPS) is 12.6. The summed E-state index contributed by atoms with van der Waals surface area (Å²) in [5.41, 5.74) is 5.87. The highest BCUT2D eigenvalue weighted by Gasteiger charge is 2.31. The van der Waals surface area contributed by atoms with E-state index < -0.39 is 24.0 Å². The van der Waals surface area contributed by atoms with Crippen LogP contribution < -0.4 is 5.32 Å². The topological polar surface area (TPSA) is 95.9 Å². The molecule has 0 radical (unpaired) electrons. The van der Waals surface area contributed by atoms with Gasteiger partial charge >= 0.3 is 12.1 Å². The molecular weight excluding hydrogens is 504 g/mol. The van der Waals surface area contributed by atoms with Gasteiger partial charge in [0.15, 0.2) is 0 Å². The maximum Gasteiger partial charge on any atom is 0.408 e. The second kappa shape index (κ2) is 12.3. The number of nitrogens with zero attached hydrogens (tertiary/aromatic N) is 1. The second-order valence-electron chi connectivity index (χ2n) is 9.70. The maximum atomic E-state index is 13.8. The van der Waals surface area contributed by atoms with Crippen LogP contribution in [-0.2, 0) is 20.9 Å². The Labute approximate surface area is 233 Å². The Balaban J connectivity index is 1.34. The van der Waals surface area contributed by atoms with Crippen LogP contribution in [0, 0.1) is 0 Å². The molecule has 4 aromatic carbocycles. The minimum Gasteiger partial charge on any atom is -0.481 e. The molecule has 1 aliphatic carbocycles. The molecule has 7 heteroatoms. The van der Waals surface area contributed by atoms with Crippen LogP contribution in [0.1, 0.15) is 40.6 Å². The number of ether oxygens (including phenoxy) is 1. The van der Waals surface area contributed by atoms with Crippen LogP contribution in [-0.4, -0.2) is 41.1 Å². The van der Waals surface area contributed by atoms with E-state index in [9.17, 15) is 19.5 Å². The molecule has 0 bridgehead atoms. The number of nitrogens with one attached hydrogen (secondary N) is 1. The monoisotopic (exact) mass is 534 g/mol. The van der Waals surface area contributed by atoms with Gasteiger partial charge in [0.2, 0.25) is 5.91 Å². The predicted molar refractivity (Wildman–Crippen MR) is 151 cm³/mol. The number of carboxylic acid groups (broad SMARTS) is 1. The van der Waals surface area contributed by atoms with E-state index in [0.717, 1.165) is 27.8 Å². The highest BCUT2D eigenvalue weighted by molar-refractivity contribution is 5.87. The van der Waals surface area contributed by atoms with E-state index >= 15 is 0 Å². The molecule has 0 aliphatic heterocycles. The van der Waals surface area contributed by atoms with Gasteiger partial charge in [-0.25, -0.2) is 4.79 Å². The van der Waals surface area contributed by atoms with Crippen LogP contribution in [0.3, 0.4) is 0 Å². The Morgan fingerprint density at radius 3 is 1.93 bits per heavy atom. The first kappa shape index (κ1) is 26.7. The minimum absolute atomic E-state index is 0.00123. The van der Waals surface area contributed by atoms with Gasteiger partial charge in [-0.1, -0.05) is 109 Å². The Kier molecular flexibility index (Phi) is 8.21. The molecule has 1 atom stereocenters. The van der Waals surface area contributed by atoms with E-state index in [4.69, 9.17) is 4.74 Å². The Bertz CT molecular complexity index is 1440. The third-order valence-corrected chi connectivity index (χ3v) is 7.11. The zero-order valence-corrected chi connectivity index (χ0v) is 21.9. The number of alkyl carbamates (subject to hydrolysis) is 1. The molecule has 0 spiro atoms. The number of hydrogen-bond donors (Lipinski definition) is 2. The Morgan fingerprint density at radius 1 is 0.775 bits per heavy atom. The standard InChI is InChI=1S/C33H30N2O5/c36-30(37)19-20-35(21-23-11-3-1-4-12-23)32(38)31(24-13-5-2-6-14-24)34-33(39)40-22-29-27-17-9-7-15-25(27)26-16-8-10-18-28(26)29/h1-18,29,31H,19-22H2,(H,34,39)(H,36,37)/t31-/m1/s1. The molecular formula is C33H30N2O5. The summed E-state index contributed by atoms with van der Waals surface area (Å²) in [4.78, 5) is 39.8. The molecule has 4 aromatic rings.